The summed E-state index contributed by atoms with van der Waals surface area (Å²) in [7, 11) is 1.32. The van der Waals surface area contributed by atoms with Gasteiger partial charge in [0, 0.05) is 16.1 Å². The summed E-state index contributed by atoms with van der Waals surface area (Å²) in [6.45, 7) is 2.76. The molecular weight excluding hydrogens is 298 g/mol. The van der Waals surface area contributed by atoms with E-state index in [2.05, 4.69) is 40.0 Å². The highest BCUT2D eigenvalue weighted by atomic mass is 32.1. The molecule has 1 N–H and O–H groups in total. The van der Waals surface area contributed by atoms with Crippen LogP contribution in [0.15, 0.2) is 30.3 Å². The van der Waals surface area contributed by atoms with Crippen molar-refractivity contribution in [2.75, 3.05) is 20.2 Å². The van der Waals surface area contributed by atoms with Gasteiger partial charge >= 0.3 is 5.97 Å². The van der Waals surface area contributed by atoms with Crippen LogP contribution in [0.5, 0.6) is 0 Å². The van der Waals surface area contributed by atoms with Gasteiger partial charge in [-0.1, -0.05) is 18.2 Å². The van der Waals surface area contributed by atoms with E-state index in [1.807, 2.05) is 11.3 Å². The summed E-state index contributed by atoms with van der Waals surface area (Å²) in [5.74, 6) is -0.492. The molecule has 5 heteroatoms. The standard InChI is InChI=1S/C17H21NO3S/c1-21-17(20)16(19)12-6-8-18(9-7-12)11-14-10-13-4-2-3-5-15(13)22-14/h2-5,10,12,16,19H,6-9,11H2,1H3/t16-/m1/s1. The minimum absolute atomic E-state index is 0.0195. The number of aliphatic hydroxyl groups is 1. The summed E-state index contributed by atoms with van der Waals surface area (Å²) >= 11 is 1.84. The SMILES string of the molecule is COC(=O)[C@H](O)C1CCN(Cc2cc3ccccc3s2)CC1. The van der Waals surface area contributed by atoms with Crippen LogP contribution in [0.25, 0.3) is 10.1 Å². The smallest absolute Gasteiger partial charge is 0.334 e. The molecule has 0 saturated carbocycles. The quantitative estimate of drug-likeness (QED) is 0.880. The number of carbonyl (C=O) groups excluding carboxylic acids is 1. The second-order valence-electron chi connectivity index (χ2n) is 5.83. The number of hydrogen-bond donors (Lipinski definition) is 1. The molecule has 0 unspecified atom stereocenters. The molecule has 1 aromatic carbocycles. The van der Waals surface area contributed by atoms with Crippen LogP contribution in [0, 0.1) is 5.92 Å². The number of benzene rings is 1. The second-order valence-corrected chi connectivity index (χ2v) is 7.00. The number of ether oxygens (including phenoxy) is 1. The third-order valence-corrected chi connectivity index (χ3v) is 5.48. The van der Waals surface area contributed by atoms with Crippen LogP contribution in [0.1, 0.15) is 17.7 Å². The van der Waals surface area contributed by atoms with Gasteiger partial charge in [-0.05, 0) is 49.4 Å². The van der Waals surface area contributed by atoms with Crippen molar-refractivity contribution in [3.05, 3.63) is 35.2 Å². The summed E-state index contributed by atoms with van der Waals surface area (Å²) in [5, 5.41) is 11.2. The van der Waals surface area contributed by atoms with E-state index in [-0.39, 0.29) is 5.92 Å². The van der Waals surface area contributed by atoms with Gasteiger partial charge in [-0.25, -0.2) is 4.79 Å². The number of hydrogen-bond acceptors (Lipinski definition) is 5. The number of fused-ring (bicyclic) bond motifs is 1. The van der Waals surface area contributed by atoms with Crippen molar-refractivity contribution in [1.29, 1.82) is 0 Å². The zero-order valence-corrected chi connectivity index (χ0v) is 13.5. The van der Waals surface area contributed by atoms with E-state index in [9.17, 15) is 9.90 Å². The Labute approximate surface area is 134 Å². The number of esters is 1. The van der Waals surface area contributed by atoms with Crippen molar-refractivity contribution in [3.8, 4) is 0 Å². The van der Waals surface area contributed by atoms with E-state index >= 15 is 0 Å². The Hall–Kier alpha value is -1.43. The van der Waals surface area contributed by atoms with Crippen LogP contribution in [0.4, 0.5) is 0 Å². The second kappa shape index (κ2) is 6.77. The molecule has 22 heavy (non-hydrogen) atoms. The Morgan fingerprint density at radius 3 is 2.82 bits per heavy atom. The van der Waals surface area contributed by atoms with Crippen LogP contribution < -0.4 is 0 Å². The molecule has 2 heterocycles. The molecule has 0 spiro atoms. The monoisotopic (exact) mass is 319 g/mol. The van der Waals surface area contributed by atoms with Crippen LogP contribution in [-0.4, -0.2) is 42.3 Å². The Bertz CT molecular complexity index is 613. The van der Waals surface area contributed by atoms with Gasteiger partial charge in [0.1, 0.15) is 0 Å². The third kappa shape index (κ3) is 3.32. The third-order valence-electron chi connectivity index (χ3n) is 4.38. The van der Waals surface area contributed by atoms with Gasteiger partial charge in [-0.2, -0.15) is 0 Å². The van der Waals surface area contributed by atoms with Crippen molar-refractivity contribution in [1.82, 2.24) is 4.90 Å². The van der Waals surface area contributed by atoms with Gasteiger partial charge < -0.3 is 9.84 Å². The molecule has 1 fully saturated rings. The summed E-state index contributed by atoms with van der Waals surface area (Å²) in [5.41, 5.74) is 0. The molecular formula is C17H21NO3S. The zero-order chi connectivity index (χ0) is 15.5. The number of thiophene rings is 1. The van der Waals surface area contributed by atoms with E-state index in [0.29, 0.717) is 0 Å². The first kappa shape index (κ1) is 15.5. The molecule has 1 aliphatic heterocycles. The first-order valence-electron chi connectivity index (χ1n) is 7.63. The predicted molar refractivity (Wildman–Crippen MR) is 87.8 cm³/mol. The number of nitrogens with zero attached hydrogens (tertiary/aromatic N) is 1. The van der Waals surface area contributed by atoms with Crippen LogP contribution in [0.2, 0.25) is 0 Å². The number of carbonyl (C=O) groups is 1. The lowest BCUT2D eigenvalue weighted by Gasteiger charge is -2.33. The number of rotatable bonds is 4. The average Bonchev–Trinajstić information content (AvgIpc) is 2.96. The maximum atomic E-state index is 11.4. The predicted octanol–water partition coefficient (Wildman–Crippen LogP) is 2.65. The molecule has 1 saturated heterocycles. The lowest BCUT2D eigenvalue weighted by molar-refractivity contribution is -0.154. The summed E-state index contributed by atoms with van der Waals surface area (Å²) in [4.78, 5) is 15.2. The Balaban J connectivity index is 1.56. The van der Waals surface area contributed by atoms with Crippen molar-refractivity contribution < 1.29 is 14.6 Å². The number of likely N-dealkylation sites (tertiary alicyclic amines) is 1. The van der Waals surface area contributed by atoms with Crippen LogP contribution in [0.3, 0.4) is 0 Å². The largest absolute Gasteiger partial charge is 0.467 e. The first-order valence-corrected chi connectivity index (χ1v) is 8.44. The fraction of sp³-hybridized carbons (Fsp3) is 0.471. The van der Waals surface area contributed by atoms with Gasteiger partial charge in [-0.3, -0.25) is 4.90 Å². The van der Waals surface area contributed by atoms with Crippen LogP contribution >= 0.6 is 11.3 Å². The molecule has 3 rings (SSSR count). The number of piperidine rings is 1. The molecule has 0 aliphatic carbocycles. The van der Waals surface area contributed by atoms with Crippen molar-refractivity contribution in [2.45, 2.75) is 25.5 Å². The van der Waals surface area contributed by atoms with E-state index < -0.39 is 12.1 Å². The minimum atomic E-state index is -0.975. The van der Waals surface area contributed by atoms with Crippen molar-refractivity contribution in [3.63, 3.8) is 0 Å². The molecule has 0 radical (unpaired) electrons. The summed E-state index contributed by atoms with van der Waals surface area (Å²) < 4.78 is 5.95. The molecule has 118 valence electrons. The molecule has 1 aromatic heterocycles. The number of aliphatic hydroxyl groups excluding tert-OH is 1. The highest BCUT2D eigenvalue weighted by molar-refractivity contribution is 7.19. The molecule has 4 nitrogen and oxygen atoms in total. The highest BCUT2D eigenvalue weighted by Crippen LogP contribution is 2.28. The van der Waals surface area contributed by atoms with Crippen molar-refractivity contribution >= 4 is 27.4 Å². The van der Waals surface area contributed by atoms with E-state index in [1.165, 1.54) is 22.1 Å². The molecule has 0 bridgehead atoms. The normalized spacial score (nSPS) is 18.5. The Morgan fingerprint density at radius 1 is 1.41 bits per heavy atom. The topological polar surface area (TPSA) is 49.8 Å². The van der Waals surface area contributed by atoms with Crippen LogP contribution in [-0.2, 0) is 16.1 Å². The summed E-state index contributed by atoms with van der Waals surface area (Å²) in [6.07, 6.45) is 0.693. The number of methoxy groups -OCH3 is 1. The lowest BCUT2D eigenvalue weighted by Crippen LogP contribution is -2.40. The molecule has 1 aliphatic rings. The fourth-order valence-corrected chi connectivity index (χ4v) is 4.18. The van der Waals surface area contributed by atoms with Gasteiger partial charge in [0.15, 0.2) is 6.10 Å². The van der Waals surface area contributed by atoms with Gasteiger partial charge in [0.25, 0.3) is 0 Å². The highest BCUT2D eigenvalue weighted by Gasteiger charge is 2.30. The minimum Gasteiger partial charge on any atom is -0.467 e. The molecule has 0 amide bonds. The maximum Gasteiger partial charge on any atom is 0.334 e. The first-order chi connectivity index (χ1) is 10.7. The van der Waals surface area contributed by atoms with E-state index in [4.69, 9.17) is 0 Å². The van der Waals surface area contributed by atoms with Crippen molar-refractivity contribution in [2.24, 2.45) is 5.92 Å². The maximum absolute atomic E-state index is 11.4. The lowest BCUT2D eigenvalue weighted by atomic mass is 9.91. The Morgan fingerprint density at radius 2 is 2.14 bits per heavy atom. The van der Waals surface area contributed by atoms with Gasteiger partial charge in [0.2, 0.25) is 0 Å². The van der Waals surface area contributed by atoms with Gasteiger partial charge in [0.05, 0.1) is 7.11 Å². The van der Waals surface area contributed by atoms with Gasteiger partial charge in [-0.15, -0.1) is 11.3 Å². The molecule has 2 aromatic rings. The van der Waals surface area contributed by atoms with E-state index in [1.54, 1.807) is 0 Å². The summed E-state index contributed by atoms with van der Waals surface area (Å²) in [6, 6.07) is 10.7. The van der Waals surface area contributed by atoms with E-state index in [0.717, 1.165) is 32.5 Å². The zero-order valence-electron chi connectivity index (χ0n) is 12.7. The average molecular weight is 319 g/mol. The fourth-order valence-electron chi connectivity index (χ4n) is 3.08. The Kier molecular flexibility index (Phi) is 4.76. The molecule has 1 atom stereocenters.